The lowest BCUT2D eigenvalue weighted by Crippen LogP contribution is -2.32. The number of nitrogens with one attached hydrogen (secondary N) is 1. The van der Waals surface area contributed by atoms with Gasteiger partial charge >= 0.3 is 0 Å². The Morgan fingerprint density at radius 3 is 2.43 bits per heavy atom. The minimum atomic E-state index is -3.58. The number of ether oxygens (including phenoxy) is 1. The first-order valence-corrected chi connectivity index (χ1v) is 15.1. The second-order valence-corrected chi connectivity index (χ2v) is 11.8. The minimum Gasteiger partial charge on any atom is -0.496 e. The summed E-state index contributed by atoms with van der Waals surface area (Å²) in [5.41, 5.74) is 4.12. The highest BCUT2D eigenvalue weighted by molar-refractivity contribution is 7.89. The predicted octanol–water partition coefficient (Wildman–Crippen LogP) is 6.62. The average Bonchev–Trinajstić information content (AvgIpc) is 3.26. The smallest absolute Gasteiger partial charge is 0.243 e. The van der Waals surface area contributed by atoms with Gasteiger partial charge in [0.1, 0.15) is 5.75 Å². The number of hydrogen-bond acceptors (Lipinski definition) is 4. The fourth-order valence-corrected chi connectivity index (χ4v) is 7.03. The first-order valence-electron chi connectivity index (χ1n) is 13.6. The molecular formula is C30H41N3O3S. The summed E-state index contributed by atoms with van der Waals surface area (Å²) < 4.78 is 34.1. The number of likely N-dealkylation sites (tertiary alicyclic amines) is 1. The molecule has 0 saturated carbocycles. The molecule has 0 bridgehead atoms. The number of hydrogen-bond donors (Lipinski definition) is 1. The van der Waals surface area contributed by atoms with E-state index in [9.17, 15) is 8.42 Å². The summed E-state index contributed by atoms with van der Waals surface area (Å²) >= 11 is 0. The van der Waals surface area contributed by atoms with Crippen molar-refractivity contribution in [2.45, 2.75) is 69.9 Å². The molecule has 4 rings (SSSR count). The quantitative estimate of drug-likeness (QED) is 0.307. The van der Waals surface area contributed by atoms with Crippen LogP contribution in [0.1, 0.15) is 69.7 Å². The summed E-state index contributed by atoms with van der Waals surface area (Å²) in [6, 6.07) is 20.5. The van der Waals surface area contributed by atoms with Gasteiger partial charge in [0.05, 0.1) is 12.0 Å². The molecule has 3 aromatic rings. The summed E-state index contributed by atoms with van der Waals surface area (Å²) in [7, 11) is -1.96. The SMILES string of the molecule is CCCN(CCC)S(=O)(=O)c1ccc(OC)c(-c2ccc(CN3CCCCC[C@@H]3c3ccccc3)[nH]2)c1. The normalized spacial score (nSPS) is 17.1. The van der Waals surface area contributed by atoms with E-state index in [2.05, 4.69) is 46.3 Å². The number of methoxy groups -OCH3 is 1. The molecule has 37 heavy (non-hydrogen) atoms. The molecule has 1 atom stereocenters. The van der Waals surface area contributed by atoms with Crippen LogP contribution in [0.4, 0.5) is 0 Å². The summed E-state index contributed by atoms with van der Waals surface area (Å²) in [5, 5.41) is 0. The number of rotatable bonds is 11. The van der Waals surface area contributed by atoms with Crippen molar-refractivity contribution in [1.29, 1.82) is 0 Å². The molecule has 200 valence electrons. The molecule has 1 aliphatic rings. The Morgan fingerprint density at radius 2 is 1.73 bits per heavy atom. The molecule has 1 aromatic heterocycles. The Balaban J connectivity index is 1.61. The Labute approximate surface area is 222 Å². The van der Waals surface area contributed by atoms with Gasteiger partial charge in [-0.05, 0) is 68.1 Å². The van der Waals surface area contributed by atoms with Gasteiger partial charge in [-0.25, -0.2) is 8.42 Å². The van der Waals surface area contributed by atoms with Gasteiger partial charge in [0, 0.05) is 42.6 Å². The van der Waals surface area contributed by atoms with Crippen molar-refractivity contribution >= 4 is 10.0 Å². The highest BCUT2D eigenvalue weighted by Crippen LogP contribution is 2.35. The largest absolute Gasteiger partial charge is 0.496 e. The zero-order chi connectivity index (χ0) is 26.3. The third-order valence-corrected chi connectivity index (χ3v) is 9.11. The van der Waals surface area contributed by atoms with Crippen LogP contribution < -0.4 is 4.74 Å². The number of aromatic amines is 1. The Hall–Kier alpha value is -2.61. The number of nitrogens with zero attached hydrogens (tertiary/aromatic N) is 2. The minimum absolute atomic E-state index is 0.304. The number of benzene rings is 2. The van der Waals surface area contributed by atoms with Gasteiger partial charge in [0.2, 0.25) is 10.0 Å². The third kappa shape index (κ3) is 6.46. The number of sulfonamides is 1. The van der Waals surface area contributed by atoms with Crippen LogP contribution in [-0.2, 0) is 16.6 Å². The van der Waals surface area contributed by atoms with E-state index in [1.54, 1.807) is 29.6 Å². The van der Waals surface area contributed by atoms with Gasteiger partial charge in [-0.1, -0.05) is 57.0 Å². The molecule has 0 aliphatic carbocycles. The maximum Gasteiger partial charge on any atom is 0.243 e. The molecule has 7 heteroatoms. The van der Waals surface area contributed by atoms with Crippen molar-refractivity contribution in [3.05, 3.63) is 71.9 Å². The first-order chi connectivity index (χ1) is 18.0. The summed E-state index contributed by atoms with van der Waals surface area (Å²) in [6.45, 7) is 6.93. The molecule has 0 amide bonds. The molecule has 1 saturated heterocycles. The lowest BCUT2D eigenvalue weighted by Gasteiger charge is -2.30. The van der Waals surface area contributed by atoms with Crippen LogP contribution in [-0.4, -0.2) is 49.4 Å². The second-order valence-electron chi connectivity index (χ2n) is 9.91. The monoisotopic (exact) mass is 523 g/mol. The first kappa shape index (κ1) is 27.4. The van der Waals surface area contributed by atoms with Crippen LogP contribution in [0.5, 0.6) is 5.75 Å². The van der Waals surface area contributed by atoms with Crippen molar-refractivity contribution < 1.29 is 13.2 Å². The Morgan fingerprint density at radius 1 is 0.973 bits per heavy atom. The van der Waals surface area contributed by atoms with E-state index in [0.717, 1.165) is 49.3 Å². The van der Waals surface area contributed by atoms with Crippen molar-refractivity contribution in [2.75, 3.05) is 26.7 Å². The third-order valence-electron chi connectivity index (χ3n) is 7.21. The van der Waals surface area contributed by atoms with E-state index in [1.165, 1.54) is 24.8 Å². The van der Waals surface area contributed by atoms with Crippen LogP contribution in [0.25, 0.3) is 11.3 Å². The molecular weight excluding hydrogens is 482 g/mol. The molecule has 2 heterocycles. The molecule has 1 aliphatic heterocycles. The summed E-state index contributed by atoms with van der Waals surface area (Å²) in [6.07, 6.45) is 6.44. The topological polar surface area (TPSA) is 65.6 Å². The zero-order valence-corrected chi connectivity index (χ0v) is 23.3. The summed E-state index contributed by atoms with van der Waals surface area (Å²) in [5.74, 6) is 0.654. The maximum absolute atomic E-state index is 13.4. The maximum atomic E-state index is 13.4. The Bertz CT molecular complexity index is 1230. The molecule has 1 fully saturated rings. The average molecular weight is 524 g/mol. The number of H-pyrrole nitrogens is 1. The van der Waals surface area contributed by atoms with Gasteiger partial charge in [-0.15, -0.1) is 0 Å². The van der Waals surface area contributed by atoms with Crippen molar-refractivity contribution in [3.8, 4) is 17.0 Å². The van der Waals surface area contributed by atoms with Crippen molar-refractivity contribution in [2.24, 2.45) is 0 Å². The van der Waals surface area contributed by atoms with Crippen LogP contribution >= 0.6 is 0 Å². The van der Waals surface area contributed by atoms with Gasteiger partial charge in [0.15, 0.2) is 0 Å². The molecule has 1 N–H and O–H groups in total. The van der Waals surface area contributed by atoms with E-state index in [-0.39, 0.29) is 0 Å². The lowest BCUT2D eigenvalue weighted by molar-refractivity contribution is 0.190. The molecule has 0 spiro atoms. The van der Waals surface area contributed by atoms with Crippen molar-refractivity contribution in [3.63, 3.8) is 0 Å². The molecule has 6 nitrogen and oxygen atoms in total. The van der Waals surface area contributed by atoms with Crippen LogP contribution in [0, 0.1) is 0 Å². The van der Waals surface area contributed by atoms with Gasteiger partial charge in [-0.3, -0.25) is 4.90 Å². The second kappa shape index (κ2) is 12.8. The van der Waals surface area contributed by atoms with Gasteiger partial charge in [-0.2, -0.15) is 4.31 Å². The fourth-order valence-electron chi connectivity index (χ4n) is 5.38. The van der Waals surface area contributed by atoms with Gasteiger partial charge < -0.3 is 9.72 Å². The van der Waals surface area contributed by atoms with E-state index < -0.39 is 10.0 Å². The van der Waals surface area contributed by atoms with Crippen LogP contribution in [0.2, 0.25) is 0 Å². The lowest BCUT2D eigenvalue weighted by atomic mass is 10.0. The van der Waals surface area contributed by atoms with E-state index >= 15 is 0 Å². The van der Waals surface area contributed by atoms with E-state index in [0.29, 0.717) is 29.8 Å². The Kier molecular flexibility index (Phi) is 9.46. The molecule has 0 radical (unpaired) electrons. The number of aromatic nitrogens is 1. The van der Waals surface area contributed by atoms with E-state index in [1.807, 2.05) is 19.9 Å². The van der Waals surface area contributed by atoms with E-state index in [4.69, 9.17) is 4.74 Å². The van der Waals surface area contributed by atoms with Crippen molar-refractivity contribution in [1.82, 2.24) is 14.2 Å². The highest BCUT2D eigenvalue weighted by atomic mass is 32.2. The predicted molar refractivity (Wildman–Crippen MR) is 150 cm³/mol. The van der Waals surface area contributed by atoms with Crippen LogP contribution in [0.15, 0.2) is 65.6 Å². The molecule has 0 unspecified atom stereocenters. The summed E-state index contributed by atoms with van der Waals surface area (Å²) in [4.78, 5) is 6.45. The zero-order valence-electron chi connectivity index (χ0n) is 22.4. The van der Waals surface area contributed by atoms with Crippen LogP contribution in [0.3, 0.4) is 0 Å². The fraction of sp³-hybridized carbons (Fsp3) is 0.467. The highest BCUT2D eigenvalue weighted by Gasteiger charge is 2.26. The van der Waals surface area contributed by atoms with Gasteiger partial charge in [0.25, 0.3) is 0 Å². The standard InChI is InChI=1S/C30H41N3O3S/c1-4-19-33(20-5-2)37(34,35)26-16-18-30(36-3)27(22-26)28-17-15-25(31-28)23-32-21-11-7-10-14-29(32)24-12-8-6-9-13-24/h6,8-9,12-13,15-18,22,29,31H,4-5,7,10-11,14,19-21,23H2,1-3H3/t29-/m1/s1. The molecule has 2 aromatic carbocycles.